The van der Waals surface area contributed by atoms with Crippen LogP contribution < -0.4 is 14.8 Å². The average molecular weight is 207 g/mol. The number of ether oxygens (including phenoxy) is 2. The molecule has 1 heterocycles. The number of nitrogens with one attached hydrogen (secondary N) is 1. The van der Waals surface area contributed by atoms with Crippen LogP contribution in [0, 0.1) is 0 Å². The van der Waals surface area contributed by atoms with E-state index in [-0.39, 0.29) is 0 Å². The van der Waals surface area contributed by atoms with Crippen LogP contribution in [-0.2, 0) is 6.42 Å². The summed E-state index contributed by atoms with van der Waals surface area (Å²) in [5.41, 5.74) is 1.18. The standard InChI is InChI=1S/C12H17NO2/c1-3-13-9-7-10-11(14-2)5-4-6-12(10)15-8-9/h4-6,9,13H,3,7-8H2,1-2H3. The van der Waals surface area contributed by atoms with Gasteiger partial charge >= 0.3 is 0 Å². The molecule has 1 aliphatic rings. The van der Waals surface area contributed by atoms with Crippen LogP contribution in [0.2, 0.25) is 0 Å². The number of rotatable bonds is 3. The van der Waals surface area contributed by atoms with Crippen LogP contribution in [0.4, 0.5) is 0 Å². The summed E-state index contributed by atoms with van der Waals surface area (Å²) in [5, 5.41) is 3.40. The van der Waals surface area contributed by atoms with Gasteiger partial charge in [0.2, 0.25) is 0 Å². The highest BCUT2D eigenvalue weighted by Gasteiger charge is 2.21. The van der Waals surface area contributed by atoms with Gasteiger partial charge in [0.05, 0.1) is 7.11 Å². The van der Waals surface area contributed by atoms with Gasteiger partial charge < -0.3 is 14.8 Å². The summed E-state index contributed by atoms with van der Waals surface area (Å²) in [5.74, 6) is 1.89. The third-order valence-electron chi connectivity index (χ3n) is 2.69. The van der Waals surface area contributed by atoms with E-state index in [9.17, 15) is 0 Å². The van der Waals surface area contributed by atoms with Gasteiger partial charge in [-0.1, -0.05) is 13.0 Å². The highest BCUT2D eigenvalue weighted by molar-refractivity contribution is 5.46. The largest absolute Gasteiger partial charge is 0.496 e. The maximum Gasteiger partial charge on any atom is 0.126 e. The average Bonchev–Trinajstić information content (AvgIpc) is 2.28. The van der Waals surface area contributed by atoms with Crippen LogP contribution in [0.5, 0.6) is 11.5 Å². The molecule has 0 saturated carbocycles. The topological polar surface area (TPSA) is 30.5 Å². The summed E-state index contributed by atoms with van der Waals surface area (Å²) in [6.07, 6.45) is 0.979. The van der Waals surface area contributed by atoms with Crippen molar-refractivity contribution in [2.24, 2.45) is 0 Å². The minimum absolute atomic E-state index is 0.402. The molecule has 1 aromatic carbocycles. The molecule has 1 aliphatic heterocycles. The molecule has 1 aromatic rings. The zero-order valence-electron chi connectivity index (χ0n) is 9.25. The number of likely N-dealkylation sites (N-methyl/N-ethyl adjacent to an activating group) is 1. The fraction of sp³-hybridized carbons (Fsp3) is 0.500. The van der Waals surface area contributed by atoms with Crippen molar-refractivity contribution in [3.63, 3.8) is 0 Å². The van der Waals surface area contributed by atoms with Crippen LogP contribution in [0.3, 0.4) is 0 Å². The van der Waals surface area contributed by atoms with E-state index in [0.717, 1.165) is 31.1 Å². The lowest BCUT2D eigenvalue weighted by atomic mass is 10.0. The zero-order chi connectivity index (χ0) is 10.7. The number of hydrogen-bond acceptors (Lipinski definition) is 3. The molecule has 1 atom stereocenters. The molecule has 3 nitrogen and oxygen atoms in total. The van der Waals surface area contributed by atoms with Crippen molar-refractivity contribution in [1.29, 1.82) is 0 Å². The molecule has 0 aliphatic carbocycles. The van der Waals surface area contributed by atoms with Crippen molar-refractivity contribution in [1.82, 2.24) is 5.32 Å². The fourth-order valence-electron chi connectivity index (χ4n) is 1.99. The van der Waals surface area contributed by atoms with E-state index in [1.54, 1.807) is 7.11 Å². The van der Waals surface area contributed by atoms with Crippen molar-refractivity contribution in [3.8, 4) is 11.5 Å². The summed E-state index contributed by atoms with van der Waals surface area (Å²) in [6, 6.07) is 6.35. The minimum atomic E-state index is 0.402. The number of hydrogen-bond donors (Lipinski definition) is 1. The van der Waals surface area contributed by atoms with Gasteiger partial charge in [0.15, 0.2) is 0 Å². The molecule has 0 fully saturated rings. The number of fused-ring (bicyclic) bond motifs is 1. The van der Waals surface area contributed by atoms with Crippen molar-refractivity contribution >= 4 is 0 Å². The van der Waals surface area contributed by atoms with E-state index in [1.807, 2.05) is 18.2 Å². The monoisotopic (exact) mass is 207 g/mol. The molecule has 1 N–H and O–H groups in total. The van der Waals surface area contributed by atoms with E-state index in [4.69, 9.17) is 9.47 Å². The molecule has 3 heteroatoms. The SMILES string of the molecule is CCNC1COc2cccc(OC)c2C1. The molecular weight excluding hydrogens is 190 g/mol. The maximum atomic E-state index is 5.69. The summed E-state index contributed by atoms with van der Waals surface area (Å²) < 4.78 is 11.0. The molecule has 0 amide bonds. The Kier molecular flexibility index (Phi) is 3.11. The van der Waals surface area contributed by atoms with Crippen LogP contribution in [0.25, 0.3) is 0 Å². The molecular formula is C12H17NO2. The van der Waals surface area contributed by atoms with Gasteiger partial charge in [-0.25, -0.2) is 0 Å². The summed E-state index contributed by atoms with van der Waals surface area (Å²) in [6.45, 7) is 3.82. The van der Waals surface area contributed by atoms with Crippen molar-refractivity contribution in [2.75, 3.05) is 20.3 Å². The molecule has 1 unspecified atom stereocenters. The van der Waals surface area contributed by atoms with E-state index in [0.29, 0.717) is 6.04 Å². The van der Waals surface area contributed by atoms with Crippen molar-refractivity contribution in [2.45, 2.75) is 19.4 Å². The Balaban J connectivity index is 2.22. The third kappa shape index (κ3) is 2.07. The molecule has 2 rings (SSSR count). The second-order valence-corrected chi connectivity index (χ2v) is 3.71. The second kappa shape index (κ2) is 4.53. The molecule has 0 bridgehead atoms. The molecule has 0 saturated heterocycles. The lowest BCUT2D eigenvalue weighted by molar-refractivity contribution is 0.236. The Bertz CT molecular complexity index is 324. The predicted molar refractivity (Wildman–Crippen MR) is 59.7 cm³/mol. The first kappa shape index (κ1) is 10.3. The highest BCUT2D eigenvalue weighted by atomic mass is 16.5. The van der Waals surface area contributed by atoms with Gasteiger partial charge in [-0.05, 0) is 25.1 Å². The van der Waals surface area contributed by atoms with E-state index >= 15 is 0 Å². The summed E-state index contributed by atoms with van der Waals surface area (Å²) >= 11 is 0. The van der Waals surface area contributed by atoms with E-state index in [1.165, 1.54) is 5.56 Å². The Labute approximate surface area is 90.4 Å². The first-order chi connectivity index (χ1) is 7.35. The Morgan fingerprint density at radius 2 is 2.40 bits per heavy atom. The first-order valence-electron chi connectivity index (χ1n) is 5.37. The summed E-state index contributed by atoms with van der Waals surface area (Å²) in [7, 11) is 1.70. The second-order valence-electron chi connectivity index (χ2n) is 3.71. The van der Waals surface area contributed by atoms with Gasteiger partial charge in [-0.15, -0.1) is 0 Å². The maximum absolute atomic E-state index is 5.69. The van der Waals surface area contributed by atoms with Gasteiger partial charge in [0, 0.05) is 11.6 Å². The normalized spacial score (nSPS) is 19.2. The fourth-order valence-corrected chi connectivity index (χ4v) is 1.99. The first-order valence-corrected chi connectivity index (χ1v) is 5.37. The Morgan fingerprint density at radius 3 is 3.13 bits per heavy atom. The molecule has 0 aromatic heterocycles. The van der Waals surface area contributed by atoms with Crippen LogP contribution in [0.1, 0.15) is 12.5 Å². The Morgan fingerprint density at radius 1 is 1.53 bits per heavy atom. The molecule has 0 spiro atoms. The zero-order valence-corrected chi connectivity index (χ0v) is 9.25. The predicted octanol–water partition coefficient (Wildman–Crippen LogP) is 1.61. The van der Waals surface area contributed by atoms with Crippen LogP contribution in [-0.4, -0.2) is 26.3 Å². The van der Waals surface area contributed by atoms with Crippen molar-refractivity contribution in [3.05, 3.63) is 23.8 Å². The summed E-state index contributed by atoms with van der Waals surface area (Å²) in [4.78, 5) is 0. The van der Waals surface area contributed by atoms with Crippen molar-refractivity contribution < 1.29 is 9.47 Å². The van der Waals surface area contributed by atoms with E-state index < -0.39 is 0 Å². The smallest absolute Gasteiger partial charge is 0.126 e. The lowest BCUT2D eigenvalue weighted by Gasteiger charge is -2.26. The number of benzene rings is 1. The van der Waals surface area contributed by atoms with Gasteiger partial charge in [-0.3, -0.25) is 0 Å². The van der Waals surface area contributed by atoms with Gasteiger partial charge in [0.1, 0.15) is 18.1 Å². The third-order valence-corrected chi connectivity index (χ3v) is 2.69. The van der Waals surface area contributed by atoms with Gasteiger partial charge in [-0.2, -0.15) is 0 Å². The molecule has 0 radical (unpaired) electrons. The number of methoxy groups -OCH3 is 1. The van der Waals surface area contributed by atoms with Crippen LogP contribution >= 0.6 is 0 Å². The molecule has 15 heavy (non-hydrogen) atoms. The van der Waals surface area contributed by atoms with Gasteiger partial charge in [0.25, 0.3) is 0 Å². The Hall–Kier alpha value is -1.22. The van der Waals surface area contributed by atoms with E-state index in [2.05, 4.69) is 12.2 Å². The molecule has 82 valence electrons. The minimum Gasteiger partial charge on any atom is -0.496 e. The van der Waals surface area contributed by atoms with Crippen LogP contribution in [0.15, 0.2) is 18.2 Å². The lowest BCUT2D eigenvalue weighted by Crippen LogP contribution is -2.39. The quantitative estimate of drug-likeness (QED) is 0.816. The highest BCUT2D eigenvalue weighted by Crippen LogP contribution is 2.32.